The standard InChI is InChI=1S/C24H28N4O2S/c1-18-8-9-19(2)22(16-18)31(29,30)28-13-5-10-24(28)11-14-27(15-12-24)23-17-25-20-6-3-4-7-21(20)26-23/h3-4,6-9,16-17H,5,10-15H2,1-2H3. The van der Waals surface area contributed by atoms with Crippen LogP contribution in [0.15, 0.2) is 53.6 Å². The van der Waals surface area contributed by atoms with E-state index in [1.807, 2.05) is 66.8 Å². The van der Waals surface area contributed by atoms with Gasteiger partial charge in [-0.1, -0.05) is 24.3 Å². The van der Waals surface area contributed by atoms with E-state index in [4.69, 9.17) is 4.98 Å². The molecule has 31 heavy (non-hydrogen) atoms. The highest BCUT2D eigenvalue weighted by Gasteiger charge is 2.49. The monoisotopic (exact) mass is 436 g/mol. The highest BCUT2D eigenvalue weighted by molar-refractivity contribution is 7.89. The Bertz CT molecular complexity index is 1230. The molecule has 2 fully saturated rings. The van der Waals surface area contributed by atoms with Gasteiger partial charge in [0.05, 0.1) is 22.1 Å². The first-order valence-electron chi connectivity index (χ1n) is 11.0. The van der Waals surface area contributed by atoms with Crippen LogP contribution in [0.3, 0.4) is 0 Å². The van der Waals surface area contributed by atoms with Crippen molar-refractivity contribution < 1.29 is 8.42 Å². The van der Waals surface area contributed by atoms with Crippen molar-refractivity contribution >= 4 is 26.9 Å². The summed E-state index contributed by atoms with van der Waals surface area (Å²) in [4.78, 5) is 12.0. The van der Waals surface area contributed by atoms with Crippen LogP contribution in [0.5, 0.6) is 0 Å². The maximum Gasteiger partial charge on any atom is 0.243 e. The molecule has 0 saturated carbocycles. The molecule has 1 aromatic heterocycles. The molecule has 7 heteroatoms. The smallest absolute Gasteiger partial charge is 0.243 e. The lowest BCUT2D eigenvalue weighted by Gasteiger charge is -2.44. The number of aryl methyl sites for hydroxylation is 2. The number of hydrogen-bond donors (Lipinski definition) is 0. The van der Waals surface area contributed by atoms with Crippen LogP contribution < -0.4 is 4.90 Å². The summed E-state index contributed by atoms with van der Waals surface area (Å²) in [5.74, 6) is 0.871. The molecule has 2 aliphatic heterocycles. The Morgan fingerprint density at radius 3 is 2.45 bits per heavy atom. The summed E-state index contributed by atoms with van der Waals surface area (Å²) in [6.07, 6.45) is 5.30. The van der Waals surface area contributed by atoms with Gasteiger partial charge in [-0.25, -0.2) is 13.4 Å². The van der Waals surface area contributed by atoms with Gasteiger partial charge in [-0.2, -0.15) is 4.31 Å². The Balaban J connectivity index is 1.40. The lowest BCUT2D eigenvalue weighted by atomic mass is 9.86. The maximum absolute atomic E-state index is 13.7. The van der Waals surface area contributed by atoms with Crippen molar-refractivity contribution in [3.8, 4) is 0 Å². The van der Waals surface area contributed by atoms with Gasteiger partial charge in [-0.15, -0.1) is 0 Å². The topological polar surface area (TPSA) is 66.4 Å². The molecule has 2 aromatic carbocycles. The summed E-state index contributed by atoms with van der Waals surface area (Å²) < 4.78 is 29.1. The van der Waals surface area contributed by atoms with Crippen LogP contribution in [0.1, 0.15) is 36.8 Å². The van der Waals surface area contributed by atoms with E-state index in [0.29, 0.717) is 11.4 Å². The van der Waals surface area contributed by atoms with E-state index < -0.39 is 10.0 Å². The van der Waals surface area contributed by atoms with Crippen LogP contribution in [0.4, 0.5) is 5.82 Å². The zero-order valence-electron chi connectivity index (χ0n) is 18.1. The van der Waals surface area contributed by atoms with Crippen molar-refractivity contribution in [1.82, 2.24) is 14.3 Å². The minimum atomic E-state index is -3.52. The second-order valence-corrected chi connectivity index (χ2v) is 10.7. The van der Waals surface area contributed by atoms with Crippen molar-refractivity contribution in [1.29, 1.82) is 0 Å². The zero-order chi connectivity index (χ0) is 21.6. The number of benzene rings is 2. The highest BCUT2D eigenvalue weighted by atomic mass is 32.2. The summed E-state index contributed by atoms with van der Waals surface area (Å²) >= 11 is 0. The molecule has 2 saturated heterocycles. The number of rotatable bonds is 3. The van der Waals surface area contributed by atoms with E-state index in [1.165, 1.54) is 0 Å². The Morgan fingerprint density at radius 2 is 1.68 bits per heavy atom. The largest absolute Gasteiger partial charge is 0.355 e. The highest BCUT2D eigenvalue weighted by Crippen LogP contribution is 2.43. The fraction of sp³-hybridized carbons (Fsp3) is 0.417. The van der Waals surface area contributed by atoms with Gasteiger partial charge in [0, 0.05) is 25.2 Å². The number of anilines is 1. The van der Waals surface area contributed by atoms with Crippen molar-refractivity contribution in [3.63, 3.8) is 0 Å². The number of para-hydroxylation sites is 2. The van der Waals surface area contributed by atoms with Crippen molar-refractivity contribution in [3.05, 3.63) is 59.8 Å². The minimum absolute atomic E-state index is 0.296. The van der Waals surface area contributed by atoms with Crippen LogP contribution in [0.2, 0.25) is 0 Å². The molecule has 3 heterocycles. The van der Waals surface area contributed by atoms with Crippen LogP contribution in [0.25, 0.3) is 11.0 Å². The van der Waals surface area contributed by atoms with Gasteiger partial charge in [0.2, 0.25) is 10.0 Å². The van der Waals surface area contributed by atoms with Crippen molar-refractivity contribution in [2.45, 2.75) is 50.0 Å². The number of piperidine rings is 1. The van der Waals surface area contributed by atoms with Gasteiger partial charge < -0.3 is 4.90 Å². The van der Waals surface area contributed by atoms with Crippen LogP contribution in [-0.4, -0.2) is 47.9 Å². The number of nitrogens with zero attached hydrogens (tertiary/aromatic N) is 4. The lowest BCUT2D eigenvalue weighted by Crippen LogP contribution is -2.54. The fourth-order valence-electron chi connectivity index (χ4n) is 5.14. The molecule has 0 unspecified atom stereocenters. The normalized spacial score (nSPS) is 19.4. The zero-order valence-corrected chi connectivity index (χ0v) is 18.9. The molecule has 0 N–H and O–H groups in total. The predicted octanol–water partition coefficient (Wildman–Crippen LogP) is 4.07. The quantitative estimate of drug-likeness (QED) is 0.619. The Kier molecular flexibility index (Phi) is 4.98. The Labute approximate surface area is 184 Å². The van der Waals surface area contributed by atoms with Crippen LogP contribution in [-0.2, 0) is 10.0 Å². The first-order chi connectivity index (χ1) is 14.9. The maximum atomic E-state index is 13.7. The van der Waals surface area contributed by atoms with Crippen LogP contribution in [0, 0.1) is 13.8 Å². The number of aromatic nitrogens is 2. The molecule has 6 nitrogen and oxygen atoms in total. The average Bonchev–Trinajstić information content (AvgIpc) is 3.19. The number of fused-ring (bicyclic) bond motifs is 1. The Hall–Kier alpha value is -2.51. The van der Waals surface area contributed by atoms with E-state index in [0.717, 1.165) is 66.8 Å². The predicted molar refractivity (Wildman–Crippen MR) is 123 cm³/mol. The van der Waals surface area contributed by atoms with Gasteiger partial charge in [0.25, 0.3) is 0 Å². The summed E-state index contributed by atoms with van der Waals surface area (Å²) in [6, 6.07) is 13.6. The summed E-state index contributed by atoms with van der Waals surface area (Å²) in [6.45, 7) is 6.00. The summed E-state index contributed by atoms with van der Waals surface area (Å²) in [5.41, 5.74) is 3.27. The summed E-state index contributed by atoms with van der Waals surface area (Å²) in [7, 11) is -3.52. The summed E-state index contributed by atoms with van der Waals surface area (Å²) in [5, 5.41) is 0. The van der Waals surface area contributed by atoms with Gasteiger partial charge in [0.1, 0.15) is 5.82 Å². The lowest BCUT2D eigenvalue weighted by molar-refractivity contribution is 0.192. The molecule has 3 aromatic rings. The third-order valence-corrected chi connectivity index (χ3v) is 9.04. The molecule has 162 valence electrons. The third kappa shape index (κ3) is 3.49. The molecule has 0 atom stereocenters. The third-order valence-electron chi connectivity index (χ3n) is 6.90. The van der Waals surface area contributed by atoms with Crippen molar-refractivity contribution in [2.24, 2.45) is 0 Å². The first kappa shape index (κ1) is 20.4. The SMILES string of the molecule is Cc1ccc(C)c(S(=O)(=O)N2CCCC23CCN(c2cnc4ccccc4n2)CC3)c1. The molecule has 2 aliphatic rings. The van der Waals surface area contributed by atoms with Gasteiger partial charge in [-0.05, 0) is 68.9 Å². The van der Waals surface area contributed by atoms with E-state index in [-0.39, 0.29) is 5.54 Å². The first-order valence-corrected chi connectivity index (χ1v) is 12.4. The van der Waals surface area contributed by atoms with Crippen molar-refractivity contribution in [2.75, 3.05) is 24.5 Å². The van der Waals surface area contributed by atoms with Gasteiger partial charge in [-0.3, -0.25) is 4.98 Å². The van der Waals surface area contributed by atoms with E-state index in [1.54, 1.807) is 0 Å². The molecule has 1 spiro atoms. The molecular formula is C24H28N4O2S. The molecule has 0 radical (unpaired) electrons. The molecule has 0 bridgehead atoms. The fourth-order valence-corrected chi connectivity index (χ4v) is 7.34. The minimum Gasteiger partial charge on any atom is -0.355 e. The molecule has 5 rings (SSSR count). The molecule has 0 amide bonds. The van der Waals surface area contributed by atoms with Crippen LogP contribution >= 0.6 is 0 Å². The molecule has 0 aliphatic carbocycles. The van der Waals surface area contributed by atoms with Gasteiger partial charge in [0.15, 0.2) is 0 Å². The second-order valence-electron chi connectivity index (χ2n) is 8.88. The average molecular weight is 437 g/mol. The van der Waals surface area contributed by atoms with E-state index in [9.17, 15) is 8.42 Å². The van der Waals surface area contributed by atoms with E-state index in [2.05, 4.69) is 9.88 Å². The van der Waals surface area contributed by atoms with E-state index >= 15 is 0 Å². The van der Waals surface area contributed by atoms with Gasteiger partial charge >= 0.3 is 0 Å². The Morgan fingerprint density at radius 1 is 0.935 bits per heavy atom. The number of sulfonamides is 1. The second kappa shape index (κ2) is 7.57. The number of hydrogen-bond acceptors (Lipinski definition) is 5. The molecular weight excluding hydrogens is 408 g/mol.